The number of thiophene rings is 1. The summed E-state index contributed by atoms with van der Waals surface area (Å²) in [6, 6.07) is 11.7. The molecule has 0 saturated heterocycles. The van der Waals surface area contributed by atoms with Gasteiger partial charge in [-0.25, -0.2) is 15.0 Å². The lowest BCUT2D eigenvalue weighted by Crippen LogP contribution is -2.35. The molecule has 5 nitrogen and oxygen atoms in total. The largest absolute Gasteiger partial charge is 0.387 e. The molecule has 2 atom stereocenters. The van der Waals surface area contributed by atoms with E-state index in [1.165, 1.54) is 17.7 Å². The van der Waals surface area contributed by atoms with Crippen molar-refractivity contribution in [2.75, 3.05) is 0 Å². The van der Waals surface area contributed by atoms with Gasteiger partial charge in [0.25, 0.3) is 0 Å². The van der Waals surface area contributed by atoms with Crippen LogP contribution in [0, 0.1) is 5.92 Å². The SMILES string of the molecule is CCCC1C(=O)C(c2ccccc2)(c2cc(-c3cncnc3)cs2)N=C1N. The first kappa shape index (κ1) is 17.5. The lowest BCUT2D eigenvalue weighted by atomic mass is 9.80. The van der Waals surface area contributed by atoms with Gasteiger partial charge in [0, 0.05) is 22.8 Å². The average Bonchev–Trinajstić information content (AvgIpc) is 3.29. The highest BCUT2D eigenvalue weighted by molar-refractivity contribution is 7.10. The third kappa shape index (κ3) is 2.86. The molecule has 0 radical (unpaired) electrons. The molecule has 3 heterocycles. The first-order chi connectivity index (χ1) is 13.2. The first-order valence-electron chi connectivity index (χ1n) is 8.96. The second-order valence-corrected chi connectivity index (χ2v) is 7.56. The number of rotatable bonds is 5. The Morgan fingerprint density at radius 1 is 1.15 bits per heavy atom. The maximum Gasteiger partial charge on any atom is 0.180 e. The molecular formula is C21H20N4OS. The molecule has 2 aromatic heterocycles. The van der Waals surface area contributed by atoms with Crippen LogP contribution in [-0.2, 0) is 10.3 Å². The maximum absolute atomic E-state index is 13.6. The fraction of sp³-hybridized carbons (Fsp3) is 0.238. The molecule has 0 spiro atoms. The Morgan fingerprint density at radius 2 is 1.89 bits per heavy atom. The Balaban J connectivity index is 1.87. The van der Waals surface area contributed by atoms with Crippen molar-refractivity contribution in [1.29, 1.82) is 0 Å². The van der Waals surface area contributed by atoms with Gasteiger partial charge in [-0.15, -0.1) is 11.3 Å². The van der Waals surface area contributed by atoms with E-state index in [9.17, 15) is 4.79 Å². The van der Waals surface area contributed by atoms with Gasteiger partial charge in [-0.1, -0.05) is 43.7 Å². The summed E-state index contributed by atoms with van der Waals surface area (Å²) in [6.07, 6.45) is 6.63. The number of nitrogens with zero attached hydrogens (tertiary/aromatic N) is 3. The predicted octanol–water partition coefficient (Wildman–Crippen LogP) is 3.80. The van der Waals surface area contributed by atoms with Crippen molar-refractivity contribution in [3.63, 3.8) is 0 Å². The van der Waals surface area contributed by atoms with Crippen LogP contribution in [0.15, 0.2) is 65.5 Å². The highest BCUT2D eigenvalue weighted by atomic mass is 32.1. The molecule has 1 aliphatic heterocycles. The highest BCUT2D eigenvalue weighted by Gasteiger charge is 2.51. The smallest absolute Gasteiger partial charge is 0.180 e. The molecule has 0 fully saturated rings. The molecule has 27 heavy (non-hydrogen) atoms. The molecule has 0 aliphatic carbocycles. The minimum Gasteiger partial charge on any atom is -0.387 e. The standard InChI is InChI=1S/C21H20N4OS/c1-2-6-17-19(26)21(25-20(17)22,16-7-4-3-5-8-16)18-9-14(12-27-18)15-10-23-13-24-11-15/h3-5,7-13,17H,2,6H2,1H3,(H2,22,25). The van der Waals surface area contributed by atoms with Gasteiger partial charge in [0.05, 0.1) is 5.92 Å². The molecule has 0 amide bonds. The van der Waals surface area contributed by atoms with Crippen LogP contribution in [-0.4, -0.2) is 21.6 Å². The number of carbonyl (C=O) groups excluding carboxylic acids is 1. The zero-order valence-electron chi connectivity index (χ0n) is 15.0. The van der Waals surface area contributed by atoms with Gasteiger partial charge >= 0.3 is 0 Å². The van der Waals surface area contributed by atoms with E-state index in [-0.39, 0.29) is 11.7 Å². The monoisotopic (exact) mass is 376 g/mol. The number of nitrogens with two attached hydrogens (primary N) is 1. The molecule has 0 saturated carbocycles. The Morgan fingerprint density at radius 3 is 2.59 bits per heavy atom. The Hall–Kier alpha value is -2.86. The van der Waals surface area contributed by atoms with Crippen LogP contribution in [0.25, 0.3) is 11.1 Å². The van der Waals surface area contributed by atoms with E-state index >= 15 is 0 Å². The minimum atomic E-state index is -1.07. The number of benzene rings is 1. The molecule has 1 aromatic carbocycles. The molecule has 136 valence electrons. The van der Waals surface area contributed by atoms with Gasteiger partial charge in [0.2, 0.25) is 0 Å². The number of aromatic nitrogens is 2. The summed E-state index contributed by atoms with van der Waals surface area (Å²) >= 11 is 1.52. The molecule has 4 rings (SSSR count). The van der Waals surface area contributed by atoms with Gasteiger partial charge < -0.3 is 5.73 Å². The Kier molecular flexibility index (Phi) is 4.58. The fourth-order valence-electron chi connectivity index (χ4n) is 3.61. The minimum absolute atomic E-state index is 0.0609. The molecule has 1 aliphatic rings. The maximum atomic E-state index is 13.6. The van der Waals surface area contributed by atoms with Crippen LogP contribution in [0.1, 0.15) is 30.2 Å². The Labute approximate surface area is 162 Å². The zero-order chi connectivity index (χ0) is 18.9. The van der Waals surface area contributed by atoms with Crippen molar-refractivity contribution < 1.29 is 4.79 Å². The normalized spacial score (nSPS) is 22.0. The number of Topliss-reactive ketones (excluding diaryl/α,β-unsaturated/α-hetero) is 1. The summed E-state index contributed by atoms with van der Waals surface area (Å²) in [5.41, 5.74) is 7.92. The van der Waals surface area contributed by atoms with Crippen molar-refractivity contribution in [3.05, 3.63) is 70.9 Å². The zero-order valence-corrected chi connectivity index (χ0v) is 15.8. The second-order valence-electron chi connectivity index (χ2n) is 6.65. The van der Waals surface area contributed by atoms with Gasteiger partial charge in [-0.2, -0.15) is 0 Å². The van der Waals surface area contributed by atoms with Gasteiger partial charge in [-0.05, 0) is 29.0 Å². The van der Waals surface area contributed by atoms with Crippen LogP contribution in [0.4, 0.5) is 0 Å². The lowest BCUT2D eigenvalue weighted by molar-refractivity contribution is -0.124. The molecule has 2 unspecified atom stereocenters. The number of amidine groups is 1. The van der Waals surface area contributed by atoms with Crippen LogP contribution in [0.2, 0.25) is 0 Å². The molecule has 6 heteroatoms. The van der Waals surface area contributed by atoms with E-state index in [1.54, 1.807) is 12.4 Å². The summed E-state index contributed by atoms with van der Waals surface area (Å²) in [5.74, 6) is 0.162. The molecular weight excluding hydrogens is 356 g/mol. The van der Waals surface area contributed by atoms with E-state index in [2.05, 4.69) is 16.9 Å². The average molecular weight is 376 g/mol. The number of hydrogen-bond acceptors (Lipinski definition) is 6. The highest BCUT2D eigenvalue weighted by Crippen LogP contribution is 2.45. The summed E-state index contributed by atoms with van der Waals surface area (Å²) in [6.45, 7) is 2.06. The van der Waals surface area contributed by atoms with Gasteiger partial charge in [0.15, 0.2) is 11.3 Å². The van der Waals surface area contributed by atoms with Crippen LogP contribution >= 0.6 is 11.3 Å². The van der Waals surface area contributed by atoms with Crippen LogP contribution < -0.4 is 5.73 Å². The summed E-state index contributed by atoms with van der Waals surface area (Å²) in [4.78, 5) is 27.4. The second kappa shape index (κ2) is 7.04. The van der Waals surface area contributed by atoms with E-state index in [4.69, 9.17) is 10.7 Å². The van der Waals surface area contributed by atoms with Gasteiger partial charge in [0.1, 0.15) is 12.2 Å². The Bertz CT molecular complexity index is 984. The molecule has 3 aromatic rings. The van der Waals surface area contributed by atoms with E-state index in [1.807, 2.05) is 41.8 Å². The number of carbonyl (C=O) groups is 1. The third-order valence-electron chi connectivity index (χ3n) is 4.95. The summed E-state index contributed by atoms with van der Waals surface area (Å²) in [7, 11) is 0. The van der Waals surface area contributed by atoms with Crippen molar-refractivity contribution in [3.8, 4) is 11.1 Å². The fourth-order valence-corrected chi connectivity index (χ4v) is 4.70. The van der Waals surface area contributed by atoms with Crippen molar-refractivity contribution >= 4 is 23.0 Å². The van der Waals surface area contributed by atoms with E-state index < -0.39 is 5.54 Å². The van der Waals surface area contributed by atoms with Crippen LogP contribution in [0.5, 0.6) is 0 Å². The first-order valence-corrected chi connectivity index (χ1v) is 9.84. The van der Waals surface area contributed by atoms with Gasteiger partial charge in [-0.3, -0.25) is 4.79 Å². The van der Waals surface area contributed by atoms with Crippen molar-refractivity contribution in [2.45, 2.75) is 25.3 Å². The predicted molar refractivity (Wildman–Crippen MR) is 108 cm³/mol. The van der Waals surface area contributed by atoms with Crippen molar-refractivity contribution in [1.82, 2.24) is 9.97 Å². The van der Waals surface area contributed by atoms with Crippen LogP contribution in [0.3, 0.4) is 0 Å². The lowest BCUT2D eigenvalue weighted by Gasteiger charge is -2.25. The summed E-state index contributed by atoms with van der Waals surface area (Å²) in [5, 5.41) is 2.02. The molecule has 2 N–H and O–H groups in total. The molecule has 0 bridgehead atoms. The third-order valence-corrected chi connectivity index (χ3v) is 5.98. The quantitative estimate of drug-likeness (QED) is 0.734. The van der Waals surface area contributed by atoms with E-state index in [0.29, 0.717) is 12.3 Å². The number of aliphatic imine (C=N–C) groups is 1. The number of hydrogen-bond donors (Lipinski definition) is 1. The topological polar surface area (TPSA) is 81.2 Å². The summed E-state index contributed by atoms with van der Waals surface area (Å²) < 4.78 is 0. The van der Waals surface area contributed by atoms with Crippen molar-refractivity contribution in [2.24, 2.45) is 16.6 Å². The number of ketones is 1. The van der Waals surface area contributed by atoms with E-state index in [0.717, 1.165) is 28.0 Å².